The molecule has 1 N–H and O–H groups in total. The Balaban J connectivity index is 0.00000176. The number of para-hydroxylation sites is 1. The summed E-state index contributed by atoms with van der Waals surface area (Å²) in [5.74, 6) is 0.0152. The van der Waals surface area contributed by atoms with Gasteiger partial charge in [0, 0.05) is 31.2 Å². The van der Waals surface area contributed by atoms with Crippen molar-refractivity contribution in [2.75, 3.05) is 26.2 Å². The fourth-order valence-corrected chi connectivity index (χ4v) is 4.26. The molecule has 1 aromatic heterocycles. The molecule has 1 aliphatic rings. The van der Waals surface area contributed by atoms with E-state index in [-0.39, 0.29) is 18.2 Å². The Labute approximate surface area is 137 Å². The fourth-order valence-electron chi connectivity index (χ4n) is 2.67. The number of aromatic nitrogens is 1. The van der Waals surface area contributed by atoms with E-state index in [1.807, 2.05) is 30.3 Å². The van der Waals surface area contributed by atoms with Gasteiger partial charge in [0.1, 0.15) is 0 Å². The Kier molecular flexibility index (Phi) is 5.74. The third-order valence-electron chi connectivity index (χ3n) is 3.75. The average Bonchev–Trinajstić information content (AvgIpc) is 2.77. The molecule has 0 amide bonds. The molecular weight excluding hydrogens is 322 g/mol. The number of hydrogen-bond acceptors (Lipinski definition) is 4. The number of sulfonamides is 1. The summed E-state index contributed by atoms with van der Waals surface area (Å²) < 4.78 is 26.8. The molecule has 120 valence electrons. The zero-order chi connectivity index (χ0) is 14.7. The van der Waals surface area contributed by atoms with E-state index in [4.69, 9.17) is 0 Å². The summed E-state index contributed by atoms with van der Waals surface area (Å²) in [5, 5.41) is 4.20. The standard InChI is InChI=1S/C15H19N3O2S.ClH/c19-21(20,18-10-3-7-16-9-11-18)12-14-5-1-4-13-6-2-8-17-15(13)14;/h1-2,4-6,8,16H,3,7,9-12H2;1H. The Morgan fingerprint density at radius 3 is 2.82 bits per heavy atom. The monoisotopic (exact) mass is 341 g/mol. The van der Waals surface area contributed by atoms with Crippen LogP contribution >= 0.6 is 12.4 Å². The lowest BCUT2D eigenvalue weighted by atomic mass is 10.1. The zero-order valence-electron chi connectivity index (χ0n) is 12.2. The molecule has 0 atom stereocenters. The van der Waals surface area contributed by atoms with Crippen LogP contribution in [0.3, 0.4) is 0 Å². The molecule has 0 aliphatic carbocycles. The second-order valence-electron chi connectivity index (χ2n) is 5.25. The maximum absolute atomic E-state index is 12.6. The highest BCUT2D eigenvalue weighted by Gasteiger charge is 2.24. The van der Waals surface area contributed by atoms with Gasteiger partial charge in [0.25, 0.3) is 0 Å². The van der Waals surface area contributed by atoms with Gasteiger partial charge >= 0.3 is 0 Å². The van der Waals surface area contributed by atoms with Crippen LogP contribution in [0.5, 0.6) is 0 Å². The van der Waals surface area contributed by atoms with Gasteiger partial charge in [-0.15, -0.1) is 12.4 Å². The minimum absolute atomic E-state index is 0. The van der Waals surface area contributed by atoms with Crippen molar-refractivity contribution in [1.29, 1.82) is 0 Å². The van der Waals surface area contributed by atoms with Crippen LogP contribution in [0.15, 0.2) is 36.5 Å². The number of nitrogens with one attached hydrogen (secondary N) is 1. The van der Waals surface area contributed by atoms with Gasteiger partial charge < -0.3 is 5.32 Å². The molecule has 1 aromatic carbocycles. The topological polar surface area (TPSA) is 62.3 Å². The first kappa shape index (κ1) is 17.1. The molecule has 22 heavy (non-hydrogen) atoms. The molecule has 3 rings (SSSR count). The summed E-state index contributed by atoms with van der Waals surface area (Å²) in [6.07, 6.45) is 2.56. The van der Waals surface area contributed by atoms with Crippen LogP contribution in [-0.2, 0) is 15.8 Å². The molecule has 1 saturated heterocycles. The maximum Gasteiger partial charge on any atom is 0.218 e. The molecule has 5 nitrogen and oxygen atoms in total. The first-order chi connectivity index (χ1) is 10.2. The number of nitrogens with zero attached hydrogens (tertiary/aromatic N) is 2. The highest BCUT2D eigenvalue weighted by atomic mass is 35.5. The van der Waals surface area contributed by atoms with Crippen molar-refractivity contribution in [3.05, 3.63) is 42.1 Å². The predicted octanol–water partition coefficient (Wildman–Crippen LogP) is 1.78. The van der Waals surface area contributed by atoms with E-state index < -0.39 is 10.0 Å². The molecule has 1 aliphatic heterocycles. The summed E-state index contributed by atoms with van der Waals surface area (Å²) >= 11 is 0. The van der Waals surface area contributed by atoms with E-state index in [2.05, 4.69) is 10.3 Å². The molecule has 0 saturated carbocycles. The SMILES string of the molecule is Cl.O=S(=O)(Cc1cccc2cccnc12)N1CCCNCC1. The van der Waals surface area contributed by atoms with Gasteiger partial charge in [0.05, 0.1) is 11.3 Å². The second kappa shape index (κ2) is 7.37. The van der Waals surface area contributed by atoms with Crippen LogP contribution < -0.4 is 5.32 Å². The van der Waals surface area contributed by atoms with Gasteiger partial charge in [-0.25, -0.2) is 12.7 Å². The third kappa shape index (κ3) is 3.76. The Hall–Kier alpha value is -1.21. The van der Waals surface area contributed by atoms with E-state index in [1.54, 1.807) is 10.5 Å². The molecule has 7 heteroatoms. The molecule has 2 aromatic rings. The van der Waals surface area contributed by atoms with Crippen LogP contribution in [0.2, 0.25) is 0 Å². The third-order valence-corrected chi connectivity index (χ3v) is 5.57. The molecule has 1 fully saturated rings. The van der Waals surface area contributed by atoms with Gasteiger partial charge in [-0.1, -0.05) is 24.3 Å². The van der Waals surface area contributed by atoms with E-state index in [1.165, 1.54) is 0 Å². The lowest BCUT2D eigenvalue weighted by molar-refractivity contribution is 0.431. The average molecular weight is 342 g/mol. The molecule has 0 unspecified atom stereocenters. The number of hydrogen-bond donors (Lipinski definition) is 1. The van der Waals surface area contributed by atoms with E-state index in [9.17, 15) is 8.42 Å². The van der Waals surface area contributed by atoms with Crippen molar-refractivity contribution in [2.45, 2.75) is 12.2 Å². The summed E-state index contributed by atoms with van der Waals surface area (Å²) in [6, 6.07) is 9.51. The minimum atomic E-state index is -3.30. The van der Waals surface area contributed by atoms with Crippen molar-refractivity contribution < 1.29 is 8.42 Å². The highest BCUT2D eigenvalue weighted by Crippen LogP contribution is 2.20. The number of fused-ring (bicyclic) bond motifs is 1. The van der Waals surface area contributed by atoms with E-state index >= 15 is 0 Å². The fraction of sp³-hybridized carbons (Fsp3) is 0.400. The number of pyridine rings is 1. The van der Waals surface area contributed by atoms with Gasteiger partial charge in [-0.2, -0.15) is 0 Å². The highest BCUT2D eigenvalue weighted by molar-refractivity contribution is 7.88. The van der Waals surface area contributed by atoms with Gasteiger partial charge in [0.15, 0.2) is 0 Å². The van der Waals surface area contributed by atoms with Crippen molar-refractivity contribution in [3.8, 4) is 0 Å². The molecular formula is C15H20ClN3O2S. The summed E-state index contributed by atoms with van der Waals surface area (Å²) in [6.45, 7) is 2.73. The summed E-state index contributed by atoms with van der Waals surface area (Å²) in [5.41, 5.74) is 1.54. The smallest absolute Gasteiger partial charge is 0.218 e. The first-order valence-corrected chi connectivity index (χ1v) is 8.79. The number of benzene rings is 1. The summed E-state index contributed by atoms with van der Waals surface area (Å²) in [4.78, 5) is 4.33. The van der Waals surface area contributed by atoms with Crippen molar-refractivity contribution in [2.24, 2.45) is 0 Å². The Morgan fingerprint density at radius 2 is 1.95 bits per heavy atom. The quantitative estimate of drug-likeness (QED) is 0.924. The van der Waals surface area contributed by atoms with Crippen LogP contribution in [0.25, 0.3) is 10.9 Å². The second-order valence-corrected chi connectivity index (χ2v) is 7.22. The predicted molar refractivity (Wildman–Crippen MR) is 90.7 cm³/mol. The van der Waals surface area contributed by atoms with Crippen molar-refractivity contribution in [3.63, 3.8) is 0 Å². The summed E-state index contributed by atoms with van der Waals surface area (Å²) in [7, 11) is -3.30. The zero-order valence-corrected chi connectivity index (χ0v) is 13.9. The van der Waals surface area contributed by atoms with Crippen molar-refractivity contribution >= 4 is 33.3 Å². The van der Waals surface area contributed by atoms with Gasteiger partial charge in [-0.05, 0) is 24.6 Å². The van der Waals surface area contributed by atoms with Crippen LogP contribution in [-0.4, -0.2) is 43.9 Å². The van der Waals surface area contributed by atoms with E-state index in [0.717, 1.165) is 29.4 Å². The molecule has 0 spiro atoms. The first-order valence-electron chi connectivity index (χ1n) is 7.18. The van der Waals surface area contributed by atoms with E-state index in [0.29, 0.717) is 19.6 Å². The van der Waals surface area contributed by atoms with Crippen LogP contribution in [0.1, 0.15) is 12.0 Å². The maximum atomic E-state index is 12.6. The van der Waals surface area contributed by atoms with Gasteiger partial charge in [0.2, 0.25) is 10.0 Å². The van der Waals surface area contributed by atoms with Crippen molar-refractivity contribution in [1.82, 2.24) is 14.6 Å². The van der Waals surface area contributed by atoms with Crippen LogP contribution in [0.4, 0.5) is 0 Å². The normalized spacial score (nSPS) is 16.9. The number of halogens is 1. The Bertz CT molecular complexity index is 723. The molecule has 0 radical (unpaired) electrons. The lowest BCUT2D eigenvalue weighted by Gasteiger charge is -2.19. The Morgan fingerprint density at radius 1 is 1.14 bits per heavy atom. The van der Waals surface area contributed by atoms with Crippen LogP contribution in [0, 0.1) is 0 Å². The molecule has 2 heterocycles. The van der Waals surface area contributed by atoms with Gasteiger partial charge in [-0.3, -0.25) is 4.98 Å². The number of rotatable bonds is 3. The minimum Gasteiger partial charge on any atom is -0.315 e. The molecule has 0 bridgehead atoms. The largest absolute Gasteiger partial charge is 0.315 e. The lowest BCUT2D eigenvalue weighted by Crippen LogP contribution is -2.35.